The molecule has 138 valence electrons. The van der Waals surface area contributed by atoms with Crippen molar-refractivity contribution in [1.82, 2.24) is 29.5 Å². The number of aryl methyl sites for hydroxylation is 2. The molecule has 5 rings (SSSR count). The van der Waals surface area contributed by atoms with Crippen molar-refractivity contribution in [3.05, 3.63) is 58.5 Å². The van der Waals surface area contributed by atoms with Crippen molar-refractivity contribution >= 4 is 5.82 Å². The second kappa shape index (κ2) is 6.61. The van der Waals surface area contributed by atoms with Crippen LogP contribution < -0.4 is 10.5 Å². The first-order valence-corrected chi connectivity index (χ1v) is 9.43. The number of aromatic nitrogens is 6. The van der Waals surface area contributed by atoms with Crippen LogP contribution in [-0.4, -0.2) is 42.6 Å². The number of rotatable bonds is 4. The van der Waals surface area contributed by atoms with Gasteiger partial charge in [0.1, 0.15) is 5.82 Å². The third-order valence-electron chi connectivity index (χ3n) is 5.33. The molecule has 3 aromatic rings. The van der Waals surface area contributed by atoms with Crippen molar-refractivity contribution in [2.45, 2.75) is 32.2 Å². The zero-order valence-corrected chi connectivity index (χ0v) is 15.0. The van der Waals surface area contributed by atoms with Gasteiger partial charge in [-0.3, -0.25) is 9.78 Å². The Balaban J connectivity index is 1.27. The van der Waals surface area contributed by atoms with E-state index in [1.807, 2.05) is 12.3 Å². The Morgan fingerprint density at radius 3 is 2.81 bits per heavy atom. The summed E-state index contributed by atoms with van der Waals surface area (Å²) in [5, 5.41) is 8.82. The van der Waals surface area contributed by atoms with E-state index in [4.69, 9.17) is 0 Å². The molecule has 0 spiro atoms. The molecule has 0 aromatic carbocycles. The summed E-state index contributed by atoms with van der Waals surface area (Å²) in [6.07, 6.45) is 11.3. The van der Waals surface area contributed by atoms with E-state index in [-0.39, 0.29) is 5.56 Å². The lowest BCUT2D eigenvalue weighted by molar-refractivity contribution is 0.329. The molecular weight excluding hydrogens is 342 g/mol. The van der Waals surface area contributed by atoms with Crippen LogP contribution in [0.15, 0.2) is 41.7 Å². The predicted molar refractivity (Wildman–Crippen MR) is 100.0 cm³/mol. The first-order chi connectivity index (χ1) is 13.3. The van der Waals surface area contributed by atoms with Crippen molar-refractivity contribution in [1.29, 1.82) is 0 Å². The van der Waals surface area contributed by atoms with Gasteiger partial charge in [0.25, 0.3) is 5.56 Å². The summed E-state index contributed by atoms with van der Waals surface area (Å²) in [6, 6.07) is 3.65. The first-order valence-electron chi connectivity index (χ1n) is 9.43. The minimum Gasteiger partial charge on any atom is -0.354 e. The maximum absolute atomic E-state index is 12.3. The first kappa shape index (κ1) is 16.2. The zero-order chi connectivity index (χ0) is 18.2. The van der Waals surface area contributed by atoms with E-state index in [2.05, 4.69) is 25.1 Å². The lowest BCUT2D eigenvalue weighted by Crippen LogP contribution is -2.50. The highest BCUT2D eigenvalue weighted by Gasteiger charge is 2.29. The van der Waals surface area contributed by atoms with E-state index < -0.39 is 0 Å². The van der Waals surface area contributed by atoms with Crippen LogP contribution in [0.4, 0.5) is 5.82 Å². The maximum atomic E-state index is 12.3. The minimum atomic E-state index is 0.0228. The van der Waals surface area contributed by atoms with Crippen LogP contribution >= 0.6 is 0 Å². The van der Waals surface area contributed by atoms with Crippen LogP contribution in [0.5, 0.6) is 0 Å². The third kappa shape index (κ3) is 3.11. The molecule has 2 aliphatic rings. The number of hydrogen-bond donors (Lipinski definition) is 0. The number of fused-ring (bicyclic) bond motifs is 1. The number of hydrogen-bond acceptors (Lipinski definition) is 6. The summed E-state index contributed by atoms with van der Waals surface area (Å²) in [5.41, 5.74) is 2.27. The summed E-state index contributed by atoms with van der Waals surface area (Å²) in [5.74, 6) is 1.94. The molecule has 0 N–H and O–H groups in total. The Bertz CT molecular complexity index is 1010. The van der Waals surface area contributed by atoms with Gasteiger partial charge in [-0.15, -0.1) is 0 Å². The molecule has 0 unspecified atom stereocenters. The van der Waals surface area contributed by atoms with Gasteiger partial charge in [0.05, 0.1) is 24.6 Å². The van der Waals surface area contributed by atoms with Gasteiger partial charge in [-0.1, -0.05) is 0 Å². The van der Waals surface area contributed by atoms with E-state index in [0.717, 1.165) is 49.4 Å². The fraction of sp³-hybridized carbons (Fsp3) is 0.421. The highest BCUT2D eigenvalue weighted by Crippen LogP contribution is 2.24. The van der Waals surface area contributed by atoms with Gasteiger partial charge in [-0.05, 0) is 37.3 Å². The number of nitrogens with zero attached hydrogens (tertiary/aromatic N) is 7. The molecule has 3 aromatic heterocycles. The summed E-state index contributed by atoms with van der Waals surface area (Å²) < 4.78 is 3.35. The quantitative estimate of drug-likeness (QED) is 0.694. The molecule has 1 aliphatic heterocycles. The molecule has 1 aliphatic carbocycles. The molecule has 0 radical (unpaired) electrons. The molecule has 27 heavy (non-hydrogen) atoms. The Morgan fingerprint density at radius 1 is 1.11 bits per heavy atom. The molecule has 0 atom stereocenters. The number of anilines is 1. The normalized spacial score (nSPS) is 16.8. The second-order valence-electron chi connectivity index (χ2n) is 7.30. The Hall–Kier alpha value is -3.03. The molecule has 0 saturated carbocycles. The Labute approximate surface area is 156 Å². The Kier molecular flexibility index (Phi) is 3.95. The third-order valence-corrected chi connectivity index (χ3v) is 5.33. The molecule has 0 amide bonds. The van der Waals surface area contributed by atoms with Gasteiger partial charge < -0.3 is 4.90 Å². The van der Waals surface area contributed by atoms with Crippen LogP contribution in [0.25, 0.3) is 5.82 Å². The maximum Gasteiger partial charge on any atom is 0.267 e. The molecule has 1 saturated heterocycles. The lowest BCUT2D eigenvalue weighted by atomic mass is 9.96. The minimum absolute atomic E-state index is 0.0228. The van der Waals surface area contributed by atoms with Crippen LogP contribution in [0.2, 0.25) is 0 Å². The highest BCUT2D eigenvalue weighted by molar-refractivity contribution is 5.42. The molecule has 1 fully saturated rings. The van der Waals surface area contributed by atoms with Crippen molar-refractivity contribution < 1.29 is 0 Å². The van der Waals surface area contributed by atoms with Gasteiger partial charge in [0.2, 0.25) is 0 Å². The topological polar surface area (TPSA) is 81.7 Å². The molecule has 4 heterocycles. The van der Waals surface area contributed by atoms with E-state index in [0.29, 0.717) is 18.3 Å². The van der Waals surface area contributed by atoms with E-state index in [1.165, 1.54) is 6.42 Å². The monoisotopic (exact) mass is 363 g/mol. The highest BCUT2D eigenvalue weighted by atomic mass is 16.1. The Morgan fingerprint density at radius 2 is 1.96 bits per heavy atom. The van der Waals surface area contributed by atoms with Gasteiger partial charge in [-0.25, -0.2) is 14.3 Å². The summed E-state index contributed by atoms with van der Waals surface area (Å²) in [4.78, 5) is 23.4. The summed E-state index contributed by atoms with van der Waals surface area (Å²) in [6.45, 7) is 2.36. The van der Waals surface area contributed by atoms with Crippen LogP contribution in [0.1, 0.15) is 24.1 Å². The van der Waals surface area contributed by atoms with Crippen molar-refractivity contribution in [2.75, 3.05) is 18.0 Å². The van der Waals surface area contributed by atoms with Crippen molar-refractivity contribution in [3.8, 4) is 5.82 Å². The van der Waals surface area contributed by atoms with Crippen LogP contribution in [0, 0.1) is 5.92 Å². The molecule has 8 nitrogen and oxygen atoms in total. The van der Waals surface area contributed by atoms with Crippen LogP contribution in [-0.2, 0) is 19.4 Å². The zero-order valence-electron chi connectivity index (χ0n) is 15.0. The molecule has 8 heteroatoms. The van der Waals surface area contributed by atoms with Gasteiger partial charge in [0.15, 0.2) is 5.82 Å². The van der Waals surface area contributed by atoms with E-state index in [1.54, 1.807) is 34.0 Å². The summed E-state index contributed by atoms with van der Waals surface area (Å²) >= 11 is 0. The average molecular weight is 363 g/mol. The second-order valence-corrected chi connectivity index (χ2v) is 7.30. The van der Waals surface area contributed by atoms with Gasteiger partial charge >= 0.3 is 0 Å². The molecular formula is C19H21N7O. The molecule has 0 bridgehead atoms. The van der Waals surface area contributed by atoms with Gasteiger partial charge in [0, 0.05) is 37.5 Å². The van der Waals surface area contributed by atoms with Crippen LogP contribution in [0.3, 0.4) is 0 Å². The van der Waals surface area contributed by atoms with E-state index in [9.17, 15) is 4.79 Å². The fourth-order valence-electron chi connectivity index (χ4n) is 3.86. The summed E-state index contributed by atoms with van der Waals surface area (Å²) in [7, 11) is 0. The largest absolute Gasteiger partial charge is 0.354 e. The SMILES string of the molecule is O=c1cc2c(nn1CC1CN(c3cncc(-n4cccn4)n3)C1)CCCC2. The lowest BCUT2D eigenvalue weighted by Gasteiger charge is -2.40. The predicted octanol–water partition coefficient (Wildman–Crippen LogP) is 1.23. The standard InChI is InChI=1S/C19H21N7O/c27-19-8-15-4-1-2-5-16(15)23-26(19)13-14-11-24(12-14)17-9-20-10-18(22-17)25-7-3-6-21-25/h3,6-10,14H,1-2,4-5,11-13H2. The average Bonchev–Trinajstić information content (AvgIpc) is 3.19. The van der Waals surface area contributed by atoms with Gasteiger partial charge in [-0.2, -0.15) is 10.2 Å². The van der Waals surface area contributed by atoms with Crippen molar-refractivity contribution in [2.24, 2.45) is 5.92 Å². The smallest absolute Gasteiger partial charge is 0.267 e. The van der Waals surface area contributed by atoms with Crippen molar-refractivity contribution in [3.63, 3.8) is 0 Å². The van der Waals surface area contributed by atoms with E-state index >= 15 is 0 Å². The fourth-order valence-corrected chi connectivity index (χ4v) is 3.86.